The number of hydrogen-bond donors (Lipinski definition) is 4. The fourth-order valence-electron chi connectivity index (χ4n) is 4.73. The first-order chi connectivity index (χ1) is 14.2. The van der Waals surface area contributed by atoms with Gasteiger partial charge in [0, 0.05) is 24.0 Å². The predicted molar refractivity (Wildman–Crippen MR) is 122 cm³/mol. The van der Waals surface area contributed by atoms with Crippen molar-refractivity contribution in [1.29, 1.82) is 0 Å². The lowest BCUT2D eigenvalue weighted by molar-refractivity contribution is 0.0761. The van der Waals surface area contributed by atoms with E-state index in [-0.39, 0.29) is 28.9 Å². The lowest BCUT2D eigenvalue weighted by atomic mass is 9.62. The molecule has 1 aliphatic rings. The first kappa shape index (κ1) is 21.7. The molecule has 2 aromatic rings. The van der Waals surface area contributed by atoms with Gasteiger partial charge in [-0.05, 0) is 54.4 Å². The lowest BCUT2D eigenvalue weighted by Crippen LogP contribution is -2.51. The summed E-state index contributed by atoms with van der Waals surface area (Å²) in [4.78, 5) is 24.8. The standard InChI is InChI=1S/C24H32N4O2/c1-23(2)14-20(28-22(30)27-19-12-8-5-9-13-19)15-24(3,16-23)17-25-21(29)26-18-10-6-4-7-11-18/h4-13,20H,14-17H2,1-3H3,(H2,25,26,29)(H2,27,28,30)/t20-,24-/m1/s1. The van der Waals surface area contributed by atoms with E-state index < -0.39 is 0 Å². The third-order valence-electron chi connectivity index (χ3n) is 5.52. The molecule has 4 amide bonds. The normalized spacial score (nSPS) is 22.6. The number of nitrogens with one attached hydrogen (secondary N) is 4. The van der Waals surface area contributed by atoms with Crippen LogP contribution < -0.4 is 21.3 Å². The van der Waals surface area contributed by atoms with Crippen LogP contribution in [0.15, 0.2) is 60.7 Å². The van der Waals surface area contributed by atoms with Crippen LogP contribution in [0.5, 0.6) is 0 Å². The number of rotatable bonds is 5. The molecule has 0 radical (unpaired) electrons. The van der Waals surface area contributed by atoms with Crippen molar-refractivity contribution in [3.05, 3.63) is 60.7 Å². The monoisotopic (exact) mass is 408 g/mol. The van der Waals surface area contributed by atoms with Gasteiger partial charge < -0.3 is 21.3 Å². The van der Waals surface area contributed by atoms with E-state index in [1.54, 1.807) is 0 Å². The molecule has 0 saturated heterocycles. The molecule has 1 saturated carbocycles. The van der Waals surface area contributed by atoms with E-state index in [0.29, 0.717) is 6.54 Å². The van der Waals surface area contributed by atoms with Gasteiger partial charge in [-0.25, -0.2) is 9.59 Å². The molecule has 4 N–H and O–H groups in total. The molecule has 2 atom stereocenters. The van der Waals surface area contributed by atoms with Crippen LogP contribution >= 0.6 is 0 Å². The van der Waals surface area contributed by atoms with Gasteiger partial charge in [-0.2, -0.15) is 0 Å². The molecule has 0 aromatic heterocycles. The molecule has 1 aliphatic carbocycles. The van der Waals surface area contributed by atoms with Gasteiger partial charge in [0.25, 0.3) is 0 Å². The number of carbonyl (C=O) groups excluding carboxylic acids is 2. The topological polar surface area (TPSA) is 82.3 Å². The maximum Gasteiger partial charge on any atom is 0.319 e. The van der Waals surface area contributed by atoms with E-state index >= 15 is 0 Å². The number of amides is 4. The summed E-state index contributed by atoms with van der Waals surface area (Å²) in [5, 5.41) is 11.9. The Hall–Kier alpha value is -3.02. The summed E-state index contributed by atoms with van der Waals surface area (Å²) in [6, 6.07) is 18.5. The van der Waals surface area contributed by atoms with Crippen molar-refractivity contribution in [2.24, 2.45) is 10.8 Å². The second-order valence-electron chi connectivity index (χ2n) is 9.40. The fourth-order valence-corrected chi connectivity index (χ4v) is 4.73. The number of hydrogen-bond acceptors (Lipinski definition) is 2. The Kier molecular flexibility index (Phi) is 6.65. The van der Waals surface area contributed by atoms with E-state index in [4.69, 9.17) is 0 Å². The molecule has 3 rings (SSSR count). The molecule has 30 heavy (non-hydrogen) atoms. The fraction of sp³-hybridized carbons (Fsp3) is 0.417. The van der Waals surface area contributed by atoms with Gasteiger partial charge in [0.2, 0.25) is 0 Å². The Balaban J connectivity index is 1.56. The zero-order valence-electron chi connectivity index (χ0n) is 18.0. The average Bonchev–Trinajstić information content (AvgIpc) is 2.66. The number of urea groups is 2. The SMILES string of the molecule is CC1(C)C[C@@H](NC(=O)Nc2ccccc2)C[C@@](C)(CNC(=O)Nc2ccccc2)C1. The third-order valence-corrected chi connectivity index (χ3v) is 5.52. The lowest BCUT2D eigenvalue weighted by Gasteiger charge is -2.46. The van der Waals surface area contributed by atoms with E-state index in [1.165, 1.54) is 0 Å². The zero-order valence-corrected chi connectivity index (χ0v) is 18.0. The van der Waals surface area contributed by atoms with Crippen molar-refractivity contribution >= 4 is 23.4 Å². The molecule has 0 unspecified atom stereocenters. The Morgan fingerprint density at radius 1 is 0.833 bits per heavy atom. The molecule has 0 aliphatic heterocycles. The highest BCUT2D eigenvalue weighted by Crippen LogP contribution is 2.45. The molecule has 6 heteroatoms. The molecule has 2 aromatic carbocycles. The number of benzene rings is 2. The van der Waals surface area contributed by atoms with Crippen LogP contribution in [-0.4, -0.2) is 24.6 Å². The number of para-hydroxylation sites is 2. The highest BCUT2D eigenvalue weighted by Gasteiger charge is 2.41. The summed E-state index contributed by atoms with van der Waals surface area (Å²) < 4.78 is 0. The summed E-state index contributed by atoms with van der Waals surface area (Å²) in [5.74, 6) is 0. The van der Waals surface area contributed by atoms with Gasteiger partial charge in [0.15, 0.2) is 0 Å². The highest BCUT2D eigenvalue weighted by atomic mass is 16.2. The highest BCUT2D eigenvalue weighted by molar-refractivity contribution is 5.89. The van der Waals surface area contributed by atoms with Crippen LogP contribution in [0.2, 0.25) is 0 Å². The van der Waals surface area contributed by atoms with Crippen LogP contribution in [-0.2, 0) is 0 Å². The predicted octanol–water partition coefficient (Wildman–Crippen LogP) is 5.21. The summed E-state index contributed by atoms with van der Waals surface area (Å²) in [6.45, 7) is 7.17. The van der Waals surface area contributed by atoms with Gasteiger partial charge in [-0.15, -0.1) is 0 Å². The molecule has 0 heterocycles. The molecule has 160 valence electrons. The third kappa shape index (κ3) is 6.51. The van der Waals surface area contributed by atoms with Crippen molar-refractivity contribution in [2.45, 2.75) is 46.1 Å². The van der Waals surface area contributed by atoms with Crippen molar-refractivity contribution in [3.63, 3.8) is 0 Å². The smallest absolute Gasteiger partial charge is 0.319 e. The Morgan fingerprint density at radius 3 is 1.93 bits per heavy atom. The van der Waals surface area contributed by atoms with Crippen LogP contribution in [0, 0.1) is 10.8 Å². The second kappa shape index (κ2) is 9.20. The van der Waals surface area contributed by atoms with Crippen LogP contribution in [0.3, 0.4) is 0 Å². The van der Waals surface area contributed by atoms with Crippen LogP contribution in [0.1, 0.15) is 40.0 Å². The minimum Gasteiger partial charge on any atom is -0.337 e. The molecule has 1 fully saturated rings. The van der Waals surface area contributed by atoms with Gasteiger partial charge in [-0.3, -0.25) is 0 Å². The molecule has 0 spiro atoms. The maximum absolute atomic E-state index is 12.5. The molecular weight excluding hydrogens is 376 g/mol. The van der Waals surface area contributed by atoms with Crippen molar-refractivity contribution in [1.82, 2.24) is 10.6 Å². The quantitative estimate of drug-likeness (QED) is 0.547. The van der Waals surface area contributed by atoms with Crippen molar-refractivity contribution in [3.8, 4) is 0 Å². The van der Waals surface area contributed by atoms with E-state index in [9.17, 15) is 9.59 Å². The van der Waals surface area contributed by atoms with Crippen LogP contribution in [0.25, 0.3) is 0 Å². The van der Waals surface area contributed by atoms with Crippen LogP contribution in [0.4, 0.5) is 21.0 Å². The Labute approximate surface area is 178 Å². The second-order valence-corrected chi connectivity index (χ2v) is 9.40. The minimum atomic E-state index is -0.211. The Morgan fingerprint density at radius 2 is 1.37 bits per heavy atom. The number of carbonyl (C=O) groups is 2. The summed E-state index contributed by atoms with van der Waals surface area (Å²) in [7, 11) is 0. The van der Waals surface area contributed by atoms with Gasteiger partial charge in [-0.1, -0.05) is 57.2 Å². The summed E-state index contributed by atoms with van der Waals surface area (Å²) >= 11 is 0. The number of anilines is 2. The summed E-state index contributed by atoms with van der Waals surface area (Å²) in [6.07, 6.45) is 2.69. The van der Waals surface area contributed by atoms with Gasteiger partial charge >= 0.3 is 12.1 Å². The van der Waals surface area contributed by atoms with Crippen molar-refractivity contribution in [2.75, 3.05) is 17.2 Å². The first-order valence-corrected chi connectivity index (χ1v) is 10.5. The average molecular weight is 409 g/mol. The first-order valence-electron chi connectivity index (χ1n) is 10.5. The van der Waals surface area contributed by atoms with Gasteiger partial charge in [0.1, 0.15) is 0 Å². The van der Waals surface area contributed by atoms with Gasteiger partial charge in [0.05, 0.1) is 0 Å². The van der Waals surface area contributed by atoms with E-state index in [0.717, 1.165) is 30.6 Å². The Bertz CT molecular complexity index is 854. The minimum absolute atomic E-state index is 0.0430. The largest absolute Gasteiger partial charge is 0.337 e. The summed E-state index contributed by atoms with van der Waals surface area (Å²) in [5.41, 5.74) is 1.49. The van der Waals surface area contributed by atoms with E-state index in [1.807, 2.05) is 60.7 Å². The molecular formula is C24H32N4O2. The molecule has 6 nitrogen and oxygen atoms in total. The maximum atomic E-state index is 12.5. The zero-order chi connectivity index (χ0) is 21.6. The molecule has 0 bridgehead atoms. The van der Waals surface area contributed by atoms with E-state index in [2.05, 4.69) is 42.0 Å². The van der Waals surface area contributed by atoms with Crippen molar-refractivity contribution < 1.29 is 9.59 Å².